The molecule has 0 saturated carbocycles. The van der Waals surface area contributed by atoms with Crippen molar-refractivity contribution in [3.8, 4) is 22.3 Å². The molecule has 0 fully saturated rings. The quantitative estimate of drug-likeness (QED) is 0.276. The summed E-state index contributed by atoms with van der Waals surface area (Å²) in [5.74, 6) is -0.954. The van der Waals surface area contributed by atoms with E-state index in [9.17, 15) is 9.90 Å². The molecule has 0 amide bonds. The third-order valence-corrected chi connectivity index (χ3v) is 4.02. The van der Waals surface area contributed by atoms with Crippen molar-refractivity contribution in [2.45, 2.75) is 0 Å². The fourth-order valence-corrected chi connectivity index (χ4v) is 2.72. The summed E-state index contributed by atoms with van der Waals surface area (Å²) in [6.07, 6.45) is 0. The summed E-state index contributed by atoms with van der Waals surface area (Å²) in [4.78, 5) is 11.3. The number of nitrogens with two attached hydrogens (primary N) is 1. The molecule has 0 spiro atoms. The van der Waals surface area contributed by atoms with Gasteiger partial charge in [0.15, 0.2) is 0 Å². The van der Waals surface area contributed by atoms with Crippen LogP contribution < -0.4 is 5.73 Å². The van der Waals surface area contributed by atoms with E-state index in [0.717, 1.165) is 16.7 Å². The van der Waals surface area contributed by atoms with Gasteiger partial charge in [-0.3, -0.25) is 0 Å². The van der Waals surface area contributed by atoms with Crippen LogP contribution in [0.25, 0.3) is 22.3 Å². The van der Waals surface area contributed by atoms with Crippen LogP contribution >= 0.6 is 0 Å². The minimum absolute atomic E-state index is 0. The van der Waals surface area contributed by atoms with Crippen molar-refractivity contribution < 1.29 is 27.0 Å². The molecule has 0 radical (unpaired) electrons. The van der Waals surface area contributed by atoms with Crippen molar-refractivity contribution in [3.63, 3.8) is 0 Å². The van der Waals surface area contributed by atoms with Gasteiger partial charge in [0.25, 0.3) is 0 Å². The predicted octanol–water partition coefficient (Wildman–Crippen LogP) is 5.42. The Bertz CT molecular complexity index is 939. The Kier molecular flexibility index (Phi) is 7.18. The van der Waals surface area contributed by atoms with Gasteiger partial charge >= 0.3 is 23.0 Å². The van der Waals surface area contributed by atoms with E-state index in [1.165, 1.54) is 6.07 Å². The van der Waals surface area contributed by atoms with Crippen LogP contribution in [0.2, 0.25) is 0 Å². The van der Waals surface area contributed by atoms with Crippen LogP contribution in [0.1, 0.15) is 10.4 Å². The molecule has 0 aliphatic heterocycles. The second kappa shape index (κ2) is 9.58. The normalized spacial score (nSPS) is 9.63. The molecule has 0 aromatic heterocycles. The zero-order valence-electron chi connectivity index (χ0n) is 14.5. The van der Waals surface area contributed by atoms with Crippen LogP contribution in [0, 0.1) is 0 Å². The molecule has 3 nitrogen and oxygen atoms in total. The minimum Gasteiger partial charge on any atom is -0.478 e. The Hall–Kier alpha value is -3.07. The summed E-state index contributed by atoms with van der Waals surface area (Å²) >= 11 is 0. The maximum atomic E-state index is 11.3. The van der Waals surface area contributed by atoms with Crippen LogP contribution in [0.3, 0.4) is 0 Å². The molecule has 4 rings (SSSR count). The molecule has 0 heterocycles. The van der Waals surface area contributed by atoms with E-state index in [1.54, 1.807) is 12.1 Å². The number of carbonyl (C=O) groups is 1. The van der Waals surface area contributed by atoms with Gasteiger partial charge in [-0.05, 0) is 29.3 Å². The van der Waals surface area contributed by atoms with E-state index in [2.05, 4.69) is 0 Å². The first-order valence-corrected chi connectivity index (χ1v) is 8.27. The molecular formula is C23H19FeNO2. The Balaban J connectivity index is 0.000000379. The van der Waals surface area contributed by atoms with Crippen molar-refractivity contribution in [2.24, 2.45) is 0 Å². The molecule has 0 unspecified atom stereocenters. The predicted molar refractivity (Wildman–Crippen MR) is 106 cm³/mol. The van der Waals surface area contributed by atoms with Crippen molar-refractivity contribution in [1.82, 2.24) is 0 Å². The molecule has 3 N–H and O–H groups in total. The van der Waals surface area contributed by atoms with Crippen LogP contribution in [0.4, 0.5) is 5.69 Å². The average molecular weight is 397 g/mol. The van der Waals surface area contributed by atoms with Gasteiger partial charge in [0.2, 0.25) is 0 Å². The van der Waals surface area contributed by atoms with Crippen LogP contribution in [-0.4, -0.2) is 11.1 Å². The van der Waals surface area contributed by atoms with Crippen LogP contribution in [-0.2, 0) is 17.1 Å². The molecule has 0 saturated heterocycles. The Morgan fingerprint density at radius 3 is 2.07 bits per heavy atom. The van der Waals surface area contributed by atoms with E-state index in [0.29, 0.717) is 11.3 Å². The molecule has 0 aliphatic rings. The Morgan fingerprint density at radius 2 is 1.56 bits per heavy atom. The van der Waals surface area contributed by atoms with Crippen molar-refractivity contribution in [1.29, 1.82) is 0 Å². The van der Waals surface area contributed by atoms with E-state index < -0.39 is 5.97 Å². The number of aromatic carboxylic acids is 1. The fraction of sp³-hybridized carbons (Fsp3) is 0. The van der Waals surface area contributed by atoms with Gasteiger partial charge in [0.1, 0.15) is 0 Å². The van der Waals surface area contributed by atoms with Gasteiger partial charge in [-0.25, -0.2) is 16.9 Å². The minimum atomic E-state index is -0.954. The Morgan fingerprint density at radius 1 is 0.926 bits per heavy atom. The van der Waals surface area contributed by atoms with Gasteiger partial charge < -0.3 is 10.8 Å². The number of carboxylic acids is 1. The van der Waals surface area contributed by atoms with E-state index >= 15 is 0 Å². The summed E-state index contributed by atoms with van der Waals surface area (Å²) in [5.41, 5.74) is 10.3. The number of benzene rings is 2. The SMILES string of the molecule is Nc1ccc(C(=O)O)c(-c2ccc(-[c-]3cccc3)cc2)c1.[Fe+2].c1cc[cH-]c1. The average Bonchev–Trinajstić information content (AvgIpc) is 3.38. The van der Waals surface area contributed by atoms with Crippen molar-refractivity contribution in [2.75, 3.05) is 5.73 Å². The summed E-state index contributed by atoms with van der Waals surface area (Å²) in [5, 5.41) is 9.28. The molecule has 27 heavy (non-hydrogen) atoms. The monoisotopic (exact) mass is 397 g/mol. The number of hydrogen-bond acceptors (Lipinski definition) is 2. The van der Waals surface area contributed by atoms with Gasteiger partial charge in [0.05, 0.1) is 5.56 Å². The number of nitrogen functional groups attached to an aromatic ring is 1. The maximum Gasteiger partial charge on any atom is 2.00 e. The Labute approximate surface area is 169 Å². The molecule has 4 heteroatoms. The van der Waals surface area contributed by atoms with Gasteiger partial charge in [-0.1, -0.05) is 17.7 Å². The zero-order valence-corrected chi connectivity index (χ0v) is 15.6. The fourth-order valence-electron chi connectivity index (χ4n) is 2.72. The molecule has 0 aliphatic carbocycles. The first kappa shape index (κ1) is 20.2. The first-order valence-electron chi connectivity index (χ1n) is 8.27. The van der Waals surface area contributed by atoms with Gasteiger partial charge in [0, 0.05) is 5.69 Å². The standard InChI is InChI=1S/C18H14NO2.C5H5.Fe/c19-15-9-10-16(18(20)21)17(11-15)14-7-5-13(6-8-14)12-3-1-2-4-12;1-2-4-5-3-1;/h1-11H,19H2,(H,20,21);1-5H;/q2*-1;+2. The van der Waals surface area contributed by atoms with Crippen LogP contribution in [0.15, 0.2) is 97.1 Å². The summed E-state index contributed by atoms with van der Waals surface area (Å²) < 4.78 is 0. The third-order valence-electron chi connectivity index (χ3n) is 4.02. The number of carboxylic acid groups (broad SMARTS) is 1. The van der Waals surface area contributed by atoms with Crippen molar-refractivity contribution >= 4 is 11.7 Å². The van der Waals surface area contributed by atoms with Crippen molar-refractivity contribution in [3.05, 3.63) is 103 Å². The molecule has 136 valence electrons. The van der Waals surface area contributed by atoms with E-state index in [4.69, 9.17) is 5.73 Å². The third kappa shape index (κ3) is 5.20. The maximum absolute atomic E-state index is 11.3. The van der Waals surface area contributed by atoms with Gasteiger partial charge in [-0.15, -0.1) is 29.8 Å². The largest absolute Gasteiger partial charge is 2.00 e. The van der Waals surface area contributed by atoms with Gasteiger partial charge in [-0.2, -0.15) is 30.3 Å². The van der Waals surface area contributed by atoms with E-state index in [1.807, 2.05) is 78.9 Å². The number of hydrogen-bond donors (Lipinski definition) is 2. The smallest absolute Gasteiger partial charge is 0.478 e. The zero-order chi connectivity index (χ0) is 18.4. The molecular weight excluding hydrogens is 378 g/mol. The first-order chi connectivity index (χ1) is 12.6. The summed E-state index contributed by atoms with van der Waals surface area (Å²) in [7, 11) is 0. The topological polar surface area (TPSA) is 63.3 Å². The molecule has 4 aromatic rings. The molecule has 0 bridgehead atoms. The van der Waals surface area contributed by atoms with Crippen LogP contribution in [0.5, 0.6) is 0 Å². The number of anilines is 1. The second-order valence-electron chi connectivity index (χ2n) is 5.82. The van der Waals surface area contributed by atoms with E-state index in [-0.39, 0.29) is 22.6 Å². The molecule has 0 atom stereocenters. The second-order valence-corrected chi connectivity index (χ2v) is 5.82. The molecule has 4 aromatic carbocycles. The summed E-state index contributed by atoms with van der Waals surface area (Å²) in [6, 6.07) is 30.7. The number of rotatable bonds is 3. The summed E-state index contributed by atoms with van der Waals surface area (Å²) in [6.45, 7) is 0.